The van der Waals surface area contributed by atoms with Gasteiger partial charge in [0.1, 0.15) is 5.01 Å². The van der Waals surface area contributed by atoms with Crippen molar-refractivity contribution in [2.24, 2.45) is 5.73 Å². The molecule has 2 heterocycles. The molecule has 1 fully saturated rings. The number of hydrogen-bond donors (Lipinski definition) is 1. The molecule has 2 aromatic heterocycles. The van der Waals surface area contributed by atoms with Crippen LogP contribution in [0.25, 0.3) is 11.3 Å². The molecule has 4 heteroatoms. The summed E-state index contributed by atoms with van der Waals surface area (Å²) >= 11 is 1.65. The van der Waals surface area contributed by atoms with Crippen molar-refractivity contribution in [1.29, 1.82) is 0 Å². The number of thiazole rings is 1. The zero-order valence-corrected chi connectivity index (χ0v) is 9.09. The second-order valence-corrected chi connectivity index (χ2v) is 4.92. The first-order valence-electron chi connectivity index (χ1n) is 5.05. The lowest BCUT2D eigenvalue weighted by molar-refractivity contribution is 0.253. The van der Waals surface area contributed by atoms with Crippen molar-refractivity contribution in [1.82, 2.24) is 4.98 Å². The van der Waals surface area contributed by atoms with E-state index in [4.69, 9.17) is 10.2 Å². The maximum Gasteiger partial charge on any atom is 0.113 e. The molecule has 2 N–H and O–H groups in total. The van der Waals surface area contributed by atoms with Crippen LogP contribution in [0.3, 0.4) is 0 Å². The average Bonchev–Trinajstić information content (AvgIpc) is 2.84. The Hall–Kier alpha value is -1.13. The van der Waals surface area contributed by atoms with Crippen molar-refractivity contribution in [2.45, 2.75) is 24.8 Å². The zero-order chi connectivity index (χ0) is 10.3. The molecule has 1 saturated carbocycles. The molecule has 2 aromatic rings. The molecular formula is C11H12N2OS. The molecule has 0 aliphatic heterocycles. The van der Waals surface area contributed by atoms with Gasteiger partial charge >= 0.3 is 0 Å². The topological polar surface area (TPSA) is 52.0 Å². The van der Waals surface area contributed by atoms with Crippen molar-refractivity contribution >= 4 is 11.3 Å². The van der Waals surface area contributed by atoms with E-state index in [1.165, 1.54) is 6.42 Å². The lowest BCUT2D eigenvalue weighted by atomic mass is 9.78. The van der Waals surface area contributed by atoms with Crippen LogP contribution in [0.4, 0.5) is 0 Å². The van der Waals surface area contributed by atoms with Crippen LogP contribution in [0.1, 0.15) is 24.3 Å². The van der Waals surface area contributed by atoms with Crippen molar-refractivity contribution < 1.29 is 4.42 Å². The van der Waals surface area contributed by atoms with Gasteiger partial charge in [-0.15, -0.1) is 11.3 Å². The van der Waals surface area contributed by atoms with Gasteiger partial charge in [-0.3, -0.25) is 0 Å². The van der Waals surface area contributed by atoms with Crippen molar-refractivity contribution in [3.05, 3.63) is 29.0 Å². The fourth-order valence-electron chi connectivity index (χ4n) is 1.82. The summed E-state index contributed by atoms with van der Waals surface area (Å²) in [5, 5.41) is 3.11. The van der Waals surface area contributed by atoms with Crippen LogP contribution < -0.4 is 5.73 Å². The molecule has 0 aromatic carbocycles. The predicted octanol–water partition coefficient (Wildman–Crippen LogP) is 2.74. The van der Waals surface area contributed by atoms with E-state index in [1.54, 1.807) is 23.9 Å². The molecule has 15 heavy (non-hydrogen) atoms. The number of hydrogen-bond acceptors (Lipinski definition) is 4. The van der Waals surface area contributed by atoms with Gasteiger partial charge in [-0.25, -0.2) is 4.98 Å². The molecule has 0 saturated heterocycles. The summed E-state index contributed by atoms with van der Waals surface area (Å²) in [6.45, 7) is 0. The number of nitrogens with zero attached hydrogens (tertiary/aromatic N) is 1. The van der Waals surface area contributed by atoms with Gasteiger partial charge in [0.25, 0.3) is 0 Å². The van der Waals surface area contributed by atoms with Crippen molar-refractivity contribution in [2.75, 3.05) is 0 Å². The lowest BCUT2D eigenvalue weighted by Gasteiger charge is -2.35. The van der Waals surface area contributed by atoms with E-state index in [9.17, 15) is 0 Å². The highest BCUT2D eigenvalue weighted by molar-refractivity contribution is 7.10. The fraction of sp³-hybridized carbons (Fsp3) is 0.364. The van der Waals surface area contributed by atoms with Gasteiger partial charge in [0.05, 0.1) is 23.8 Å². The Kier molecular flexibility index (Phi) is 1.94. The van der Waals surface area contributed by atoms with Crippen LogP contribution >= 0.6 is 11.3 Å². The van der Waals surface area contributed by atoms with E-state index >= 15 is 0 Å². The van der Waals surface area contributed by atoms with Gasteiger partial charge in [-0.2, -0.15) is 0 Å². The van der Waals surface area contributed by atoms with E-state index in [2.05, 4.69) is 4.98 Å². The van der Waals surface area contributed by atoms with Gasteiger partial charge in [-0.1, -0.05) is 0 Å². The first-order valence-corrected chi connectivity index (χ1v) is 5.93. The highest BCUT2D eigenvalue weighted by atomic mass is 32.1. The molecule has 0 amide bonds. The number of furan rings is 1. The quantitative estimate of drug-likeness (QED) is 0.846. The average molecular weight is 220 g/mol. The molecule has 0 spiro atoms. The standard InChI is InChI=1S/C11H12N2OS/c12-11(3-1-4-11)10-13-9(7-15-10)8-2-5-14-6-8/h2,5-7H,1,3-4,12H2. The second kappa shape index (κ2) is 3.18. The van der Waals surface area contributed by atoms with Gasteiger partial charge < -0.3 is 10.2 Å². The zero-order valence-electron chi connectivity index (χ0n) is 8.27. The third kappa shape index (κ3) is 1.41. The number of nitrogens with two attached hydrogens (primary N) is 1. The number of rotatable bonds is 2. The Morgan fingerprint density at radius 1 is 1.47 bits per heavy atom. The minimum absolute atomic E-state index is 0.146. The van der Waals surface area contributed by atoms with Crippen LogP contribution in [0.15, 0.2) is 28.4 Å². The first-order chi connectivity index (χ1) is 7.28. The van der Waals surface area contributed by atoms with Gasteiger partial charge in [0.2, 0.25) is 0 Å². The minimum Gasteiger partial charge on any atom is -0.472 e. The summed E-state index contributed by atoms with van der Waals surface area (Å²) in [5.41, 5.74) is 8.07. The summed E-state index contributed by atoms with van der Waals surface area (Å²) in [4.78, 5) is 4.58. The maximum atomic E-state index is 6.22. The summed E-state index contributed by atoms with van der Waals surface area (Å²) in [7, 11) is 0. The smallest absolute Gasteiger partial charge is 0.113 e. The Morgan fingerprint density at radius 3 is 2.93 bits per heavy atom. The summed E-state index contributed by atoms with van der Waals surface area (Å²) in [6.07, 6.45) is 6.71. The molecule has 0 unspecified atom stereocenters. The van der Waals surface area contributed by atoms with E-state index in [-0.39, 0.29) is 5.54 Å². The van der Waals surface area contributed by atoms with E-state index in [0.717, 1.165) is 29.1 Å². The Morgan fingerprint density at radius 2 is 2.33 bits per heavy atom. The van der Waals surface area contributed by atoms with E-state index < -0.39 is 0 Å². The van der Waals surface area contributed by atoms with Gasteiger partial charge in [0.15, 0.2) is 0 Å². The second-order valence-electron chi connectivity index (χ2n) is 4.06. The van der Waals surface area contributed by atoms with Gasteiger partial charge in [0, 0.05) is 10.9 Å². The molecule has 3 nitrogen and oxygen atoms in total. The Labute approximate surface area is 91.9 Å². The molecule has 0 bridgehead atoms. The normalized spacial score (nSPS) is 18.7. The van der Waals surface area contributed by atoms with E-state index in [1.807, 2.05) is 11.4 Å². The summed E-state index contributed by atoms with van der Waals surface area (Å²) in [5.74, 6) is 0. The largest absolute Gasteiger partial charge is 0.472 e. The highest BCUT2D eigenvalue weighted by Gasteiger charge is 2.37. The van der Waals surface area contributed by atoms with Gasteiger partial charge in [-0.05, 0) is 25.3 Å². The third-order valence-corrected chi connectivity index (χ3v) is 4.06. The monoisotopic (exact) mass is 220 g/mol. The lowest BCUT2D eigenvalue weighted by Crippen LogP contribution is -2.43. The Balaban J connectivity index is 1.94. The molecule has 0 radical (unpaired) electrons. The maximum absolute atomic E-state index is 6.22. The predicted molar refractivity (Wildman–Crippen MR) is 59.5 cm³/mol. The fourth-order valence-corrected chi connectivity index (χ4v) is 2.82. The SMILES string of the molecule is NC1(c2nc(-c3ccoc3)cs2)CCC1. The van der Waals surface area contributed by atoms with Crippen molar-refractivity contribution in [3.8, 4) is 11.3 Å². The van der Waals surface area contributed by atoms with E-state index in [0.29, 0.717) is 0 Å². The highest BCUT2D eigenvalue weighted by Crippen LogP contribution is 2.41. The molecule has 1 aliphatic rings. The van der Waals surface area contributed by atoms with Crippen LogP contribution in [-0.4, -0.2) is 4.98 Å². The molecule has 1 aliphatic carbocycles. The summed E-state index contributed by atoms with van der Waals surface area (Å²) in [6, 6.07) is 1.92. The van der Waals surface area contributed by atoms with Crippen LogP contribution in [0, 0.1) is 0 Å². The number of aromatic nitrogens is 1. The van der Waals surface area contributed by atoms with Crippen molar-refractivity contribution in [3.63, 3.8) is 0 Å². The molecule has 3 rings (SSSR count). The molecule has 0 atom stereocenters. The molecule has 78 valence electrons. The minimum atomic E-state index is -0.146. The third-order valence-electron chi connectivity index (χ3n) is 2.99. The Bertz CT molecular complexity index is 457. The van der Waals surface area contributed by atoms with Crippen LogP contribution in [0.5, 0.6) is 0 Å². The molecular weight excluding hydrogens is 208 g/mol. The van der Waals surface area contributed by atoms with Crippen LogP contribution in [0.2, 0.25) is 0 Å². The summed E-state index contributed by atoms with van der Waals surface area (Å²) < 4.78 is 5.04. The van der Waals surface area contributed by atoms with Crippen LogP contribution in [-0.2, 0) is 5.54 Å². The first kappa shape index (κ1) is 9.12.